The fourth-order valence-electron chi connectivity index (χ4n) is 2.54. The lowest BCUT2D eigenvalue weighted by Gasteiger charge is -2.26. The van der Waals surface area contributed by atoms with Crippen molar-refractivity contribution in [3.05, 3.63) is 83.9 Å². The number of ketones is 1. The molecular formula is C27H36O7S. The number of Topliss-reactive ketones (excluding diaryl/α,β-unsaturated/α-hetero) is 1. The number of phenolic OH excluding ortho intramolecular Hbond substituents is 3. The second kappa shape index (κ2) is 14.8. The fourth-order valence-corrected chi connectivity index (χ4v) is 3.02. The zero-order chi connectivity index (χ0) is 27.2. The first-order valence-electron chi connectivity index (χ1n) is 11.0. The van der Waals surface area contributed by atoms with Crippen LogP contribution in [0.4, 0.5) is 0 Å². The molecule has 0 spiro atoms. The van der Waals surface area contributed by atoms with E-state index in [1.165, 1.54) is 32.4 Å². The Morgan fingerprint density at radius 3 is 1.14 bits per heavy atom. The van der Waals surface area contributed by atoms with Crippen LogP contribution in [0.1, 0.15) is 59.1 Å². The molecule has 3 aromatic carbocycles. The Balaban J connectivity index is 0.000000550. The molecule has 0 fully saturated rings. The average Bonchev–Trinajstić information content (AvgIpc) is 2.75. The SMILES string of the molecule is CC(C)(c1ccc(O)cc1)c1ccc(O)cc1.CC(C)=O.CCC.O=S(=O)(O)c1ccc(O)cc1. The van der Waals surface area contributed by atoms with Crippen molar-refractivity contribution >= 4 is 15.9 Å². The number of aromatic hydroxyl groups is 3. The molecule has 0 atom stereocenters. The molecule has 0 saturated carbocycles. The van der Waals surface area contributed by atoms with Crippen LogP contribution in [-0.4, -0.2) is 34.1 Å². The van der Waals surface area contributed by atoms with Gasteiger partial charge in [0, 0.05) is 5.41 Å². The summed E-state index contributed by atoms with van der Waals surface area (Å²) in [7, 11) is -4.13. The van der Waals surface area contributed by atoms with Crippen LogP contribution in [0, 0.1) is 0 Å². The monoisotopic (exact) mass is 504 g/mol. The molecule has 0 saturated heterocycles. The number of carbonyl (C=O) groups excluding carboxylic acids is 1. The van der Waals surface area contributed by atoms with Crippen LogP contribution in [0.15, 0.2) is 77.7 Å². The first-order chi connectivity index (χ1) is 16.1. The van der Waals surface area contributed by atoms with E-state index in [-0.39, 0.29) is 33.3 Å². The minimum absolute atomic E-state index is 0.0441. The largest absolute Gasteiger partial charge is 0.508 e. The van der Waals surface area contributed by atoms with Crippen molar-refractivity contribution in [2.24, 2.45) is 0 Å². The van der Waals surface area contributed by atoms with E-state index in [1.54, 1.807) is 24.3 Å². The Kier molecular flexibility index (Phi) is 13.4. The highest BCUT2D eigenvalue weighted by molar-refractivity contribution is 7.85. The van der Waals surface area contributed by atoms with Crippen LogP contribution in [0.5, 0.6) is 17.2 Å². The van der Waals surface area contributed by atoms with Gasteiger partial charge in [-0.3, -0.25) is 4.55 Å². The average molecular weight is 505 g/mol. The summed E-state index contributed by atoms with van der Waals surface area (Å²) >= 11 is 0. The number of benzene rings is 3. The Morgan fingerprint density at radius 2 is 0.914 bits per heavy atom. The molecule has 0 aliphatic carbocycles. The lowest BCUT2D eigenvalue weighted by molar-refractivity contribution is -0.115. The van der Waals surface area contributed by atoms with Gasteiger partial charge in [0.05, 0.1) is 4.90 Å². The van der Waals surface area contributed by atoms with Gasteiger partial charge in [-0.1, -0.05) is 58.4 Å². The molecule has 3 aromatic rings. The second-order valence-electron chi connectivity index (χ2n) is 8.30. The van der Waals surface area contributed by atoms with E-state index >= 15 is 0 Å². The normalized spacial score (nSPS) is 10.4. The molecule has 35 heavy (non-hydrogen) atoms. The summed E-state index contributed by atoms with van der Waals surface area (Å²) in [6.45, 7) is 11.5. The summed E-state index contributed by atoms with van der Waals surface area (Å²) in [6.07, 6.45) is 1.25. The van der Waals surface area contributed by atoms with Gasteiger partial charge in [-0.2, -0.15) is 8.42 Å². The molecule has 0 aliphatic rings. The maximum Gasteiger partial charge on any atom is 0.294 e. The van der Waals surface area contributed by atoms with Crippen LogP contribution in [0.2, 0.25) is 0 Å². The summed E-state index contributed by atoms with van der Waals surface area (Å²) in [4.78, 5) is 9.22. The van der Waals surface area contributed by atoms with Gasteiger partial charge in [0.1, 0.15) is 23.0 Å². The molecule has 0 radical (unpaired) electrons. The van der Waals surface area contributed by atoms with Crippen molar-refractivity contribution in [1.29, 1.82) is 0 Å². The van der Waals surface area contributed by atoms with Crippen LogP contribution < -0.4 is 0 Å². The maximum absolute atomic E-state index is 10.4. The number of hydrogen-bond acceptors (Lipinski definition) is 6. The molecule has 0 bridgehead atoms. The molecule has 0 heterocycles. The van der Waals surface area contributed by atoms with Gasteiger partial charge < -0.3 is 20.1 Å². The standard InChI is InChI=1S/C15H16O2.C6H6O4S.C3H6O.C3H8/c1-15(2,11-3-7-13(16)8-4-11)12-5-9-14(17)10-6-12;7-5-1-3-6(4-2-5)11(8,9)10;1-3(2)4;1-3-2/h3-10,16-17H,1-2H3;1-4,7H,(H,8,9,10);1-2H3;3H2,1-2H3. The lowest BCUT2D eigenvalue weighted by Crippen LogP contribution is -2.18. The third kappa shape index (κ3) is 12.6. The smallest absolute Gasteiger partial charge is 0.294 e. The highest BCUT2D eigenvalue weighted by atomic mass is 32.2. The summed E-state index contributed by atoms with van der Waals surface area (Å²) in [5.41, 5.74) is 2.10. The molecule has 0 amide bonds. The molecule has 0 aromatic heterocycles. The van der Waals surface area contributed by atoms with E-state index in [2.05, 4.69) is 27.7 Å². The van der Waals surface area contributed by atoms with Gasteiger partial charge in [-0.15, -0.1) is 0 Å². The molecular weight excluding hydrogens is 468 g/mol. The number of carbonyl (C=O) groups is 1. The summed E-state index contributed by atoms with van der Waals surface area (Å²) in [5.74, 6) is 0.669. The lowest BCUT2D eigenvalue weighted by atomic mass is 9.78. The van der Waals surface area contributed by atoms with Crippen LogP contribution in [-0.2, 0) is 20.3 Å². The maximum atomic E-state index is 10.4. The van der Waals surface area contributed by atoms with Gasteiger partial charge in [0.25, 0.3) is 10.1 Å². The Hall–Kier alpha value is -3.36. The van der Waals surface area contributed by atoms with Crippen molar-refractivity contribution in [1.82, 2.24) is 0 Å². The van der Waals surface area contributed by atoms with E-state index in [4.69, 9.17) is 9.66 Å². The van der Waals surface area contributed by atoms with E-state index in [9.17, 15) is 23.4 Å². The first-order valence-corrected chi connectivity index (χ1v) is 12.4. The topological polar surface area (TPSA) is 132 Å². The predicted molar refractivity (Wildman–Crippen MR) is 139 cm³/mol. The summed E-state index contributed by atoms with van der Waals surface area (Å²) < 4.78 is 29.3. The van der Waals surface area contributed by atoms with E-state index in [1.807, 2.05) is 24.3 Å². The molecule has 3 rings (SSSR count). The highest BCUT2D eigenvalue weighted by Crippen LogP contribution is 2.32. The number of rotatable bonds is 3. The van der Waals surface area contributed by atoms with Crippen molar-refractivity contribution in [3.8, 4) is 17.2 Å². The Morgan fingerprint density at radius 1 is 0.686 bits per heavy atom. The Labute approximate surface area is 208 Å². The minimum Gasteiger partial charge on any atom is -0.508 e. The molecule has 8 heteroatoms. The van der Waals surface area contributed by atoms with Crippen molar-refractivity contribution in [2.75, 3.05) is 0 Å². The molecule has 7 nitrogen and oxygen atoms in total. The van der Waals surface area contributed by atoms with Gasteiger partial charge in [0.15, 0.2) is 0 Å². The quantitative estimate of drug-likeness (QED) is 0.318. The number of hydrogen-bond donors (Lipinski definition) is 4. The molecule has 0 unspecified atom stereocenters. The molecule has 192 valence electrons. The van der Waals surface area contributed by atoms with E-state index < -0.39 is 10.1 Å². The van der Waals surface area contributed by atoms with Crippen LogP contribution in [0.25, 0.3) is 0 Å². The highest BCUT2D eigenvalue weighted by Gasteiger charge is 2.22. The van der Waals surface area contributed by atoms with Crippen molar-refractivity contribution < 1.29 is 33.1 Å². The van der Waals surface area contributed by atoms with E-state index in [0.717, 1.165) is 23.3 Å². The van der Waals surface area contributed by atoms with Crippen molar-refractivity contribution in [3.63, 3.8) is 0 Å². The first kappa shape index (κ1) is 31.6. The van der Waals surface area contributed by atoms with Crippen molar-refractivity contribution in [2.45, 2.75) is 58.3 Å². The summed E-state index contributed by atoms with van der Waals surface area (Å²) in [5, 5.41) is 27.3. The molecule has 0 aliphatic heterocycles. The minimum atomic E-state index is -4.13. The Bertz CT molecular complexity index is 1070. The zero-order valence-electron chi connectivity index (χ0n) is 21.1. The second-order valence-corrected chi connectivity index (χ2v) is 9.72. The molecule has 4 N–H and O–H groups in total. The van der Waals surface area contributed by atoms with Gasteiger partial charge >= 0.3 is 0 Å². The third-order valence-electron chi connectivity index (χ3n) is 4.31. The van der Waals surface area contributed by atoms with E-state index in [0.29, 0.717) is 0 Å². The van der Waals surface area contributed by atoms with Crippen LogP contribution in [0.3, 0.4) is 0 Å². The summed E-state index contributed by atoms with van der Waals surface area (Å²) in [6, 6.07) is 19.0. The fraction of sp³-hybridized carbons (Fsp3) is 0.296. The van der Waals surface area contributed by atoms with Gasteiger partial charge in [-0.25, -0.2) is 0 Å². The zero-order valence-corrected chi connectivity index (χ0v) is 21.9. The van der Waals surface area contributed by atoms with Gasteiger partial charge in [-0.05, 0) is 73.5 Å². The predicted octanol–water partition coefficient (Wildman–Crippen LogP) is 6.07. The number of phenols is 3. The van der Waals surface area contributed by atoms with Crippen LogP contribution >= 0.6 is 0 Å². The van der Waals surface area contributed by atoms with Gasteiger partial charge in [0.2, 0.25) is 0 Å². The third-order valence-corrected chi connectivity index (χ3v) is 5.18.